The molecule has 22 heavy (non-hydrogen) atoms. The minimum Gasteiger partial charge on any atom is -0.301 e. The summed E-state index contributed by atoms with van der Waals surface area (Å²) in [5.41, 5.74) is 3.18. The molecule has 1 aromatic carbocycles. The Morgan fingerprint density at radius 1 is 1.05 bits per heavy atom. The molecule has 0 atom stereocenters. The van der Waals surface area contributed by atoms with Crippen molar-refractivity contribution in [3.63, 3.8) is 0 Å². The van der Waals surface area contributed by atoms with E-state index < -0.39 is 0 Å². The van der Waals surface area contributed by atoms with Gasteiger partial charge in [-0.25, -0.2) is 4.68 Å². The van der Waals surface area contributed by atoms with E-state index in [1.165, 1.54) is 0 Å². The second-order valence-corrected chi connectivity index (χ2v) is 6.17. The van der Waals surface area contributed by atoms with E-state index in [4.69, 9.17) is 11.6 Å². The summed E-state index contributed by atoms with van der Waals surface area (Å²) in [7, 11) is 0. The molecule has 0 unspecified atom stereocenters. The first kappa shape index (κ1) is 15.5. The van der Waals surface area contributed by atoms with E-state index in [1.807, 2.05) is 41.9 Å². The fraction of sp³-hybridized carbons (Fsp3) is 0.471. The van der Waals surface area contributed by atoms with Gasteiger partial charge in [-0.3, -0.25) is 4.90 Å². The molecule has 2 aromatic rings. The van der Waals surface area contributed by atoms with Gasteiger partial charge < -0.3 is 4.90 Å². The van der Waals surface area contributed by atoms with Crippen LogP contribution in [0.2, 0.25) is 5.15 Å². The molecule has 3 rings (SSSR count). The van der Waals surface area contributed by atoms with Crippen molar-refractivity contribution in [3.05, 3.63) is 46.7 Å². The predicted molar refractivity (Wildman–Crippen MR) is 90.7 cm³/mol. The third-order valence-electron chi connectivity index (χ3n) is 4.42. The van der Waals surface area contributed by atoms with E-state index in [0.717, 1.165) is 61.4 Å². The second kappa shape index (κ2) is 6.82. The van der Waals surface area contributed by atoms with Crippen molar-refractivity contribution in [2.45, 2.75) is 20.4 Å². The van der Waals surface area contributed by atoms with Gasteiger partial charge in [0, 0.05) is 38.3 Å². The summed E-state index contributed by atoms with van der Waals surface area (Å²) in [6.45, 7) is 10.8. The quantitative estimate of drug-likeness (QED) is 0.866. The maximum absolute atomic E-state index is 6.60. The molecule has 1 saturated heterocycles. The van der Waals surface area contributed by atoms with Crippen LogP contribution < -0.4 is 0 Å². The van der Waals surface area contributed by atoms with Crippen molar-refractivity contribution in [2.24, 2.45) is 0 Å². The van der Waals surface area contributed by atoms with E-state index >= 15 is 0 Å². The van der Waals surface area contributed by atoms with Crippen molar-refractivity contribution in [3.8, 4) is 5.69 Å². The van der Waals surface area contributed by atoms with Crippen LogP contribution in [0.15, 0.2) is 30.3 Å². The third kappa shape index (κ3) is 3.19. The molecule has 1 aromatic heterocycles. The molecule has 0 bridgehead atoms. The fourth-order valence-electron chi connectivity index (χ4n) is 2.94. The molecule has 0 amide bonds. The molecule has 0 saturated carbocycles. The SMILES string of the molecule is CCN1CCN(Cc2c(C)nn(-c3ccccc3)c2Cl)CC1. The van der Waals surface area contributed by atoms with E-state index in [-0.39, 0.29) is 0 Å². The van der Waals surface area contributed by atoms with Gasteiger partial charge in [-0.2, -0.15) is 5.10 Å². The molecule has 5 heteroatoms. The predicted octanol–water partition coefficient (Wildman–Crippen LogP) is 2.97. The molecule has 1 aliphatic heterocycles. The summed E-state index contributed by atoms with van der Waals surface area (Å²) < 4.78 is 1.84. The lowest BCUT2D eigenvalue weighted by atomic mass is 10.2. The zero-order valence-electron chi connectivity index (χ0n) is 13.3. The van der Waals surface area contributed by atoms with Crippen LogP contribution in [-0.2, 0) is 6.54 Å². The van der Waals surface area contributed by atoms with Crippen LogP contribution in [-0.4, -0.2) is 52.3 Å². The summed E-state index contributed by atoms with van der Waals surface area (Å²) in [6, 6.07) is 10.1. The van der Waals surface area contributed by atoms with Crippen molar-refractivity contribution in [1.82, 2.24) is 19.6 Å². The van der Waals surface area contributed by atoms with Crippen LogP contribution in [0.5, 0.6) is 0 Å². The average Bonchev–Trinajstić information content (AvgIpc) is 2.84. The first-order chi connectivity index (χ1) is 10.7. The van der Waals surface area contributed by atoms with Crippen LogP contribution >= 0.6 is 11.6 Å². The Balaban J connectivity index is 1.76. The monoisotopic (exact) mass is 318 g/mol. The van der Waals surface area contributed by atoms with Crippen LogP contribution in [0.3, 0.4) is 0 Å². The van der Waals surface area contributed by atoms with Gasteiger partial charge >= 0.3 is 0 Å². The smallest absolute Gasteiger partial charge is 0.137 e. The lowest BCUT2D eigenvalue weighted by molar-refractivity contribution is 0.132. The number of likely N-dealkylation sites (N-methyl/N-ethyl adjacent to an activating group) is 1. The third-order valence-corrected chi connectivity index (χ3v) is 4.80. The fourth-order valence-corrected chi connectivity index (χ4v) is 3.27. The molecule has 0 radical (unpaired) electrons. The highest BCUT2D eigenvalue weighted by Crippen LogP contribution is 2.25. The Morgan fingerprint density at radius 2 is 1.68 bits per heavy atom. The summed E-state index contributed by atoms with van der Waals surface area (Å²) in [4.78, 5) is 4.95. The van der Waals surface area contributed by atoms with Gasteiger partial charge in [-0.05, 0) is 25.6 Å². The number of halogens is 1. The van der Waals surface area contributed by atoms with Gasteiger partial charge in [0.05, 0.1) is 11.4 Å². The summed E-state index contributed by atoms with van der Waals surface area (Å²) in [6.07, 6.45) is 0. The molecule has 0 aliphatic carbocycles. The molecular formula is C17H23ClN4. The van der Waals surface area contributed by atoms with Gasteiger partial charge in [-0.1, -0.05) is 36.7 Å². The maximum atomic E-state index is 6.60. The zero-order chi connectivity index (χ0) is 15.5. The van der Waals surface area contributed by atoms with E-state index in [9.17, 15) is 0 Å². The largest absolute Gasteiger partial charge is 0.301 e. The molecular weight excluding hydrogens is 296 g/mol. The molecule has 4 nitrogen and oxygen atoms in total. The summed E-state index contributed by atoms with van der Waals surface area (Å²) >= 11 is 6.60. The standard InChI is InChI=1S/C17H23ClN4/c1-3-20-9-11-21(12-10-20)13-16-14(2)19-22(17(16)18)15-7-5-4-6-8-15/h4-8H,3,9-13H2,1-2H3. The van der Waals surface area contributed by atoms with Crippen molar-refractivity contribution in [2.75, 3.05) is 32.7 Å². The number of hydrogen-bond donors (Lipinski definition) is 0. The normalized spacial score (nSPS) is 17.0. The number of para-hydroxylation sites is 1. The highest BCUT2D eigenvalue weighted by atomic mass is 35.5. The zero-order valence-corrected chi connectivity index (χ0v) is 14.1. The van der Waals surface area contributed by atoms with Gasteiger partial charge in [-0.15, -0.1) is 0 Å². The lowest BCUT2D eigenvalue weighted by Gasteiger charge is -2.33. The highest BCUT2D eigenvalue weighted by Gasteiger charge is 2.20. The van der Waals surface area contributed by atoms with E-state index in [0.29, 0.717) is 0 Å². The Bertz CT molecular complexity index is 615. The molecule has 0 N–H and O–H groups in total. The Hall–Kier alpha value is -1.36. The van der Waals surface area contributed by atoms with E-state index in [2.05, 4.69) is 21.8 Å². The maximum Gasteiger partial charge on any atom is 0.137 e. The van der Waals surface area contributed by atoms with Crippen molar-refractivity contribution in [1.29, 1.82) is 0 Å². The number of hydrogen-bond acceptors (Lipinski definition) is 3. The summed E-state index contributed by atoms with van der Waals surface area (Å²) in [5.74, 6) is 0. The van der Waals surface area contributed by atoms with Gasteiger partial charge in [0.25, 0.3) is 0 Å². The van der Waals surface area contributed by atoms with Crippen LogP contribution in [0, 0.1) is 6.92 Å². The van der Waals surface area contributed by atoms with Crippen LogP contribution in [0.4, 0.5) is 0 Å². The molecule has 0 spiro atoms. The number of piperazine rings is 1. The minimum absolute atomic E-state index is 0.738. The van der Waals surface area contributed by atoms with Crippen LogP contribution in [0.1, 0.15) is 18.2 Å². The lowest BCUT2D eigenvalue weighted by Crippen LogP contribution is -2.45. The van der Waals surface area contributed by atoms with E-state index in [1.54, 1.807) is 0 Å². The molecule has 1 fully saturated rings. The van der Waals surface area contributed by atoms with Gasteiger partial charge in [0.15, 0.2) is 0 Å². The van der Waals surface area contributed by atoms with Gasteiger partial charge in [0.2, 0.25) is 0 Å². The minimum atomic E-state index is 0.738. The topological polar surface area (TPSA) is 24.3 Å². The molecule has 2 heterocycles. The Morgan fingerprint density at radius 3 is 2.32 bits per heavy atom. The van der Waals surface area contributed by atoms with Crippen molar-refractivity contribution >= 4 is 11.6 Å². The number of aromatic nitrogens is 2. The number of rotatable bonds is 4. The first-order valence-electron chi connectivity index (χ1n) is 7.93. The first-order valence-corrected chi connectivity index (χ1v) is 8.31. The number of benzene rings is 1. The van der Waals surface area contributed by atoms with Crippen molar-refractivity contribution < 1.29 is 0 Å². The number of aryl methyl sites for hydroxylation is 1. The Kier molecular flexibility index (Phi) is 4.81. The second-order valence-electron chi connectivity index (χ2n) is 5.81. The average molecular weight is 319 g/mol. The highest BCUT2D eigenvalue weighted by molar-refractivity contribution is 6.30. The Labute approximate surface area is 137 Å². The molecule has 1 aliphatic rings. The number of nitrogens with zero attached hydrogens (tertiary/aromatic N) is 4. The van der Waals surface area contributed by atoms with Gasteiger partial charge in [0.1, 0.15) is 5.15 Å². The van der Waals surface area contributed by atoms with Crippen LogP contribution in [0.25, 0.3) is 5.69 Å². The summed E-state index contributed by atoms with van der Waals surface area (Å²) in [5, 5.41) is 5.36. The molecule has 118 valence electrons.